The van der Waals surface area contributed by atoms with Crippen LogP contribution in [0.5, 0.6) is 0 Å². The van der Waals surface area contributed by atoms with E-state index in [9.17, 15) is 14.0 Å². The van der Waals surface area contributed by atoms with Gasteiger partial charge in [0.05, 0.1) is 36.0 Å². The molecule has 0 aliphatic carbocycles. The van der Waals surface area contributed by atoms with Crippen LogP contribution >= 0.6 is 11.8 Å². The molecule has 0 spiro atoms. The first-order valence-corrected chi connectivity index (χ1v) is 9.92. The normalized spacial score (nSPS) is 13.9. The summed E-state index contributed by atoms with van der Waals surface area (Å²) >= 11 is 1.76. The molecule has 1 aliphatic heterocycles. The maximum absolute atomic E-state index is 13.2. The van der Waals surface area contributed by atoms with Gasteiger partial charge in [0.15, 0.2) is 0 Å². The summed E-state index contributed by atoms with van der Waals surface area (Å²) in [5.74, 6) is 1.44. The highest BCUT2D eigenvalue weighted by Crippen LogP contribution is 2.23. The molecular weight excluding hydrogens is 381 g/mol. The predicted octanol–water partition coefficient (Wildman–Crippen LogP) is 2.88. The molecule has 0 radical (unpaired) electrons. The first kappa shape index (κ1) is 18.5. The Labute approximate surface area is 164 Å². The molecule has 28 heavy (non-hydrogen) atoms. The average molecular weight is 399 g/mol. The summed E-state index contributed by atoms with van der Waals surface area (Å²) in [6.45, 7) is 1.07. The minimum absolute atomic E-state index is 0.197. The minimum atomic E-state index is -0.475. The maximum Gasteiger partial charge on any atom is 0.337 e. The van der Waals surface area contributed by atoms with Crippen LogP contribution < -0.4 is 10.5 Å². The number of hydrogen-bond acceptors (Lipinski definition) is 6. The molecule has 1 fully saturated rings. The minimum Gasteiger partial charge on any atom is -0.465 e. The number of thioether (sulfide) groups is 1. The Morgan fingerprint density at radius 2 is 2.04 bits per heavy atom. The lowest BCUT2D eigenvalue weighted by molar-refractivity contribution is 0.0601. The van der Waals surface area contributed by atoms with Crippen molar-refractivity contribution in [3.05, 3.63) is 69.8 Å². The number of methoxy groups -OCH3 is 1. The topological polar surface area (TPSA) is 64.4 Å². The van der Waals surface area contributed by atoms with Crippen molar-refractivity contribution in [2.24, 2.45) is 0 Å². The summed E-state index contributed by atoms with van der Waals surface area (Å²) < 4.78 is 19.6. The summed E-state index contributed by atoms with van der Waals surface area (Å²) in [7, 11) is 1.31. The fraction of sp³-hybridized carbons (Fsp3) is 0.250. The zero-order chi connectivity index (χ0) is 19.7. The van der Waals surface area contributed by atoms with Crippen LogP contribution in [0.1, 0.15) is 15.9 Å². The van der Waals surface area contributed by atoms with E-state index in [0.29, 0.717) is 22.4 Å². The number of carbonyl (C=O) groups excluding carboxylic acids is 1. The summed E-state index contributed by atoms with van der Waals surface area (Å²) in [6.07, 6.45) is 0. The second-order valence-electron chi connectivity index (χ2n) is 6.45. The predicted molar refractivity (Wildman–Crippen MR) is 108 cm³/mol. The van der Waals surface area contributed by atoms with E-state index in [4.69, 9.17) is 9.72 Å². The molecule has 3 aromatic rings. The van der Waals surface area contributed by atoms with Crippen molar-refractivity contribution in [2.45, 2.75) is 6.54 Å². The zero-order valence-corrected chi connectivity index (χ0v) is 16.0. The summed E-state index contributed by atoms with van der Waals surface area (Å²) in [5, 5.41) is 0.422. The van der Waals surface area contributed by atoms with Gasteiger partial charge in [-0.25, -0.2) is 14.2 Å². The molecule has 0 unspecified atom stereocenters. The largest absolute Gasteiger partial charge is 0.465 e. The van der Waals surface area contributed by atoms with Gasteiger partial charge in [-0.3, -0.25) is 9.36 Å². The molecule has 0 saturated carbocycles. The van der Waals surface area contributed by atoms with Gasteiger partial charge in [-0.2, -0.15) is 0 Å². The first-order valence-electron chi connectivity index (χ1n) is 8.77. The van der Waals surface area contributed by atoms with E-state index in [1.807, 2.05) is 4.90 Å². The number of halogens is 1. The van der Waals surface area contributed by atoms with Gasteiger partial charge in [-0.05, 0) is 35.9 Å². The number of nitrogens with zero attached hydrogens (tertiary/aromatic N) is 3. The molecule has 0 amide bonds. The van der Waals surface area contributed by atoms with Crippen LogP contribution in [-0.4, -0.2) is 40.8 Å². The van der Waals surface area contributed by atoms with Crippen molar-refractivity contribution in [2.75, 3.05) is 30.2 Å². The van der Waals surface area contributed by atoms with Crippen LogP contribution in [0.3, 0.4) is 0 Å². The molecule has 1 aliphatic rings. The molecule has 144 valence electrons. The van der Waals surface area contributed by atoms with Crippen LogP contribution in [0.25, 0.3) is 10.9 Å². The highest BCUT2D eigenvalue weighted by atomic mass is 32.2. The van der Waals surface area contributed by atoms with Crippen molar-refractivity contribution in [1.29, 1.82) is 0 Å². The van der Waals surface area contributed by atoms with Crippen LogP contribution in [0, 0.1) is 5.82 Å². The van der Waals surface area contributed by atoms with E-state index < -0.39 is 5.97 Å². The van der Waals surface area contributed by atoms with Crippen LogP contribution in [0.4, 0.5) is 10.3 Å². The van der Waals surface area contributed by atoms with Gasteiger partial charge in [0, 0.05) is 12.3 Å². The van der Waals surface area contributed by atoms with Crippen molar-refractivity contribution < 1.29 is 13.9 Å². The van der Waals surface area contributed by atoms with E-state index in [0.717, 1.165) is 23.7 Å². The fourth-order valence-electron chi connectivity index (χ4n) is 3.18. The quantitative estimate of drug-likeness (QED) is 0.629. The van der Waals surface area contributed by atoms with E-state index in [1.165, 1.54) is 19.2 Å². The van der Waals surface area contributed by atoms with Crippen LogP contribution in [0.15, 0.2) is 47.3 Å². The Morgan fingerprint density at radius 3 is 2.71 bits per heavy atom. The van der Waals surface area contributed by atoms with Gasteiger partial charge in [0.1, 0.15) is 5.82 Å². The smallest absolute Gasteiger partial charge is 0.337 e. The fourth-order valence-corrected chi connectivity index (χ4v) is 4.13. The number of rotatable bonds is 4. The van der Waals surface area contributed by atoms with Crippen LogP contribution in [0.2, 0.25) is 0 Å². The molecule has 0 atom stereocenters. The molecule has 1 aromatic heterocycles. The second-order valence-corrected chi connectivity index (χ2v) is 7.53. The molecule has 6 nitrogen and oxygen atoms in total. The van der Waals surface area contributed by atoms with Gasteiger partial charge in [0.2, 0.25) is 5.95 Å². The molecule has 2 heterocycles. The number of anilines is 1. The van der Waals surface area contributed by atoms with Crippen molar-refractivity contribution in [1.82, 2.24) is 9.55 Å². The summed E-state index contributed by atoms with van der Waals surface area (Å²) in [4.78, 5) is 31.8. The number of aromatic nitrogens is 2. The molecule has 4 rings (SSSR count). The monoisotopic (exact) mass is 399 g/mol. The number of fused-ring (bicyclic) bond motifs is 1. The number of ether oxygens (including phenoxy) is 1. The Balaban J connectivity index is 1.87. The molecule has 0 N–H and O–H groups in total. The van der Waals surface area contributed by atoms with Gasteiger partial charge in [0.25, 0.3) is 5.56 Å². The van der Waals surface area contributed by atoms with Gasteiger partial charge < -0.3 is 9.64 Å². The molecule has 1 saturated heterocycles. The maximum atomic E-state index is 13.2. The Morgan fingerprint density at radius 1 is 1.25 bits per heavy atom. The Hall–Kier alpha value is -2.87. The first-order chi connectivity index (χ1) is 13.6. The number of carbonyl (C=O) groups is 1. The average Bonchev–Trinajstić information content (AvgIpc) is 3.25. The third kappa shape index (κ3) is 3.47. The number of esters is 1. The standard InChI is InChI=1S/C20H18FN3O3S/c1-27-19(26)14-4-7-16-17(10-14)22-20(23-8-9-28-12-23)24(18(16)25)11-13-2-5-15(21)6-3-13/h2-7,10H,8-9,11-12H2,1H3. The lowest BCUT2D eigenvalue weighted by Gasteiger charge is -2.21. The zero-order valence-electron chi connectivity index (χ0n) is 15.2. The summed E-state index contributed by atoms with van der Waals surface area (Å²) in [5.41, 5.74) is 1.41. The third-order valence-corrected chi connectivity index (χ3v) is 5.61. The second kappa shape index (κ2) is 7.63. The Kier molecular flexibility index (Phi) is 5.04. The molecule has 8 heteroatoms. The van der Waals surface area contributed by atoms with E-state index in [2.05, 4.69) is 0 Å². The summed E-state index contributed by atoms with van der Waals surface area (Å²) in [6, 6.07) is 10.8. The van der Waals surface area contributed by atoms with E-state index >= 15 is 0 Å². The SMILES string of the molecule is COC(=O)c1ccc2c(=O)n(Cc3ccc(F)cc3)c(N3CCSC3)nc2c1. The van der Waals surface area contributed by atoms with Gasteiger partial charge in [-0.15, -0.1) is 11.8 Å². The molecule has 0 bridgehead atoms. The van der Waals surface area contributed by atoms with Gasteiger partial charge in [-0.1, -0.05) is 12.1 Å². The Bertz CT molecular complexity index is 1090. The van der Waals surface area contributed by atoms with E-state index in [-0.39, 0.29) is 17.9 Å². The number of benzene rings is 2. The highest BCUT2D eigenvalue weighted by Gasteiger charge is 2.21. The molecule has 2 aromatic carbocycles. The lowest BCUT2D eigenvalue weighted by atomic mass is 10.1. The highest BCUT2D eigenvalue weighted by molar-refractivity contribution is 7.99. The lowest BCUT2D eigenvalue weighted by Crippen LogP contribution is -2.31. The molecular formula is C20H18FN3O3S. The van der Waals surface area contributed by atoms with Crippen molar-refractivity contribution in [3.8, 4) is 0 Å². The van der Waals surface area contributed by atoms with E-state index in [1.54, 1.807) is 46.7 Å². The number of hydrogen-bond donors (Lipinski definition) is 0. The van der Waals surface area contributed by atoms with Crippen LogP contribution in [-0.2, 0) is 11.3 Å². The van der Waals surface area contributed by atoms with Crippen molar-refractivity contribution >= 4 is 34.6 Å². The third-order valence-electron chi connectivity index (χ3n) is 4.65. The van der Waals surface area contributed by atoms with Gasteiger partial charge >= 0.3 is 5.97 Å². The van der Waals surface area contributed by atoms with Crippen molar-refractivity contribution in [3.63, 3.8) is 0 Å².